The average Bonchev–Trinajstić information content (AvgIpc) is 3.14. The van der Waals surface area contributed by atoms with Crippen LogP contribution in [0.5, 0.6) is 0 Å². The quantitative estimate of drug-likeness (QED) is 0.343. The number of rotatable bonds is 6. The van der Waals surface area contributed by atoms with Crippen LogP contribution in [0.15, 0.2) is 28.4 Å². The van der Waals surface area contributed by atoms with Crippen LogP contribution in [-0.4, -0.2) is 73.0 Å². The molecule has 11 nitrogen and oxygen atoms in total. The third-order valence-corrected chi connectivity index (χ3v) is 6.74. The number of benzene rings is 1. The van der Waals surface area contributed by atoms with E-state index < -0.39 is 60.1 Å². The zero-order valence-electron chi connectivity index (χ0n) is 18.9. The highest BCUT2D eigenvalue weighted by atomic mass is 79.9. The summed E-state index contributed by atoms with van der Waals surface area (Å²) in [5, 5.41) is 57.6. The van der Waals surface area contributed by atoms with E-state index in [1.54, 1.807) is 26.8 Å². The summed E-state index contributed by atoms with van der Waals surface area (Å²) in [6.45, 7) is 4.10. The molecule has 5 atom stereocenters. The predicted molar refractivity (Wildman–Crippen MR) is 127 cm³/mol. The van der Waals surface area contributed by atoms with Crippen LogP contribution >= 0.6 is 27.5 Å². The zero-order chi connectivity index (χ0) is 26.2. The van der Waals surface area contributed by atoms with E-state index in [0.29, 0.717) is 20.4 Å². The van der Waals surface area contributed by atoms with Gasteiger partial charge in [-0.15, -0.1) is 0 Å². The van der Waals surface area contributed by atoms with Gasteiger partial charge in [0.15, 0.2) is 0 Å². The molecule has 2 aromatic rings. The Kier molecular flexibility index (Phi) is 7.78. The molecular weight excluding hydrogens is 548 g/mol. The van der Waals surface area contributed by atoms with Crippen molar-refractivity contribution in [3.05, 3.63) is 39.2 Å². The number of carbonyl (C=O) groups excluding carboxylic acids is 1. The van der Waals surface area contributed by atoms with Crippen LogP contribution in [0.25, 0.3) is 10.9 Å². The molecule has 0 radical (unpaired) electrons. The fourth-order valence-electron chi connectivity index (χ4n) is 3.63. The van der Waals surface area contributed by atoms with E-state index in [-0.39, 0.29) is 5.69 Å². The lowest BCUT2D eigenvalue weighted by molar-refractivity contribution is -0.148. The number of carbonyl (C=O) groups is 2. The second-order valence-corrected chi connectivity index (χ2v) is 10.3. The Morgan fingerprint density at radius 1 is 1.37 bits per heavy atom. The smallest absolute Gasteiger partial charge is 0.370 e. The molecule has 1 aromatic heterocycles. The lowest BCUT2D eigenvalue weighted by Gasteiger charge is -2.41. The standard InChI is InChI=1S/C22H24BrClN4O7/c1-22(2,3)21(34)26-17-13(6-16(20(32)33)35-19(17)18(31)15(30)8-29)28-14(7-25)9-4-10(23)11(24)5-12(9)27-28/h4-6,13,15,17-19,29-31H,8H2,1-3H3,(H,26,34)(H,32,33)/t13-,15+,17+,18+,19+/m0/s1. The molecule has 0 saturated heterocycles. The molecule has 13 heteroatoms. The van der Waals surface area contributed by atoms with E-state index >= 15 is 0 Å². The molecule has 1 amide bonds. The predicted octanol–water partition coefficient (Wildman–Crippen LogP) is 1.48. The van der Waals surface area contributed by atoms with Gasteiger partial charge in [-0.25, -0.2) is 9.48 Å². The fourth-order valence-corrected chi connectivity index (χ4v) is 4.13. The summed E-state index contributed by atoms with van der Waals surface area (Å²) in [7, 11) is 0. The Morgan fingerprint density at radius 2 is 2.03 bits per heavy atom. The van der Waals surface area contributed by atoms with Gasteiger partial charge in [-0.05, 0) is 34.1 Å². The van der Waals surface area contributed by atoms with Crippen LogP contribution in [-0.2, 0) is 14.3 Å². The maximum absolute atomic E-state index is 12.9. The van der Waals surface area contributed by atoms with E-state index in [1.165, 1.54) is 10.7 Å². The molecule has 3 rings (SSSR count). The topological polar surface area (TPSA) is 178 Å². The van der Waals surface area contributed by atoms with Gasteiger partial charge in [0.05, 0.1) is 29.2 Å². The first kappa shape index (κ1) is 26.9. The van der Waals surface area contributed by atoms with Crippen LogP contribution in [0, 0.1) is 16.7 Å². The number of nitrogens with one attached hydrogen (secondary N) is 1. The Bertz CT molecular complexity index is 1230. The number of nitriles is 1. The fraction of sp³-hybridized carbons (Fsp3) is 0.455. The summed E-state index contributed by atoms with van der Waals surface area (Å²) >= 11 is 9.48. The van der Waals surface area contributed by atoms with Crippen LogP contribution < -0.4 is 5.32 Å². The Morgan fingerprint density at radius 3 is 2.57 bits per heavy atom. The summed E-state index contributed by atoms with van der Waals surface area (Å²) in [5.74, 6) is -2.54. The van der Waals surface area contributed by atoms with Gasteiger partial charge >= 0.3 is 5.97 Å². The van der Waals surface area contributed by atoms with Gasteiger partial charge < -0.3 is 30.5 Å². The van der Waals surface area contributed by atoms with Crippen molar-refractivity contribution in [1.82, 2.24) is 15.1 Å². The first-order valence-electron chi connectivity index (χ1n) is 10.5. The zero-order valence-corrected chi connectivity index (χ0v) is 21.3. The van der Waals surface area contributed by atoms with Crippen molar-refractivity contribution in [2.45, 2.75) is 51.2 Å². The summed E-state index contributed by atoms with van der Waals surface area (Å²) in [6, 6.07) is 2.82. The molecule has 0 fully saturated rings. The highest BCUT2D eigenvalue weighted by Gasteiger charge is 2.46. The minimum Gasteiger partial charge on any atom is -0.478 e. The van der Waals surface area contributed by atoms with Crippen LogP contribution in [0.3, 0.4) is 0 Å². The summed E-state index contributed by atoms with van der Waals surface area (Å²) in [4.78, 5) is 24.8. The number of fused-ring (bicyclic) bond motifs is 1. The highest BCUT2D eigenvalue weighted by Crippen LogP contribution is 2.35. The third-order valence-electron chi connectivity index (χ3n) is 5.54. The number of ether oxygens (including phenoxy) is 1. The highest BCUT2D eigenvalue weighted by molar-refractivity contribution is 9.10. The van der Waals surface area contributed by atoms with Crippen LogP contribution in [0.1, 0.15) is 32.5 Å². The van der Waals surface area contributed by atoms with Crippen LogP contribution in [0.2, 0.25) is 5.02 Å². The van der Waals surface area contributed by atoms with Crippen molar-refractivity contribution in [3.8, 4) is 6.07 Å². The molecule has 0 bridgehead atoms. The van der Waals surface area contributed by atoms with Crippen molar-refractivity contribution in [1.29, 1.82) is 5.26 Å². The molecular formula is C22H24BrClN4O7. The van der Waals surface area contributed by atoms with Gasteiger partial charge in [0.1, 0.15) is 30.1 Å². The normalized spacial score (nSPS) is 22.0. The summed E-state index contributed by atoms with van der Waals surface area (Å²) in [5.41, 5.74) is -0.520. The molecule has 1 aliphatic heterocycles. The lowest BCUT2D eigenvalue weighted by Crippen LogP contribution is -2.60. The number of aromatic nitrogens is 2. The second-order valence-electron chi connectivity index (χ2n) is 9.09. The Hall–Kier alpha value is -2.69. The first-order valence-corrected chi connectivity index (χ1v) is 11.6. The van der Waals surface area contributed by atoms with E-state index in [2.05, 4.69) is 26.3 Å². The largest absolute Gasteiger partial charge is 0.478 e. The minimum absolute atomic E-state index is 0.0382. The van der Waals surface area contributed by atoms with Crippen molar-refractivity contribution in [2.24, 2.45) is 5.41 Å². The molecule has 0 aliphatic carbocycles. The van der Waals surface area contributed by atoms with E-state index in [9.17, 15) is 35.3 Å². The number of aliphatic hydroxyl groups excluding tert-OH is 3. The number of carboxylic acids is 1. The van der Waals surface area contributed by atoms with Crippen molar-refractivity contribution >= 4 is 50.3 Å². The number of amides is 1. The van der Waals surface area contributed by atoms with Gasteiger partial charge in [-0.3, -0.25) is 4.79 Å². The number of aliphatic hydroxyl groups is 3. The van der Waals surface area contributed by atoms with Gasteiger partial charge in [-0.2, -0.15) is 10.4 Å². The SMILES string of the molecule is CC(C)(C)C(=O)N[C@H]1[C@H]([C@H](O)[C@H](O)CO)OC(C(=O)O)=C[C@@H]1n1nc2cc(Cl)c(Br)cc2c1C#N. The number of aliphatic carboxylic acids is 1. The number of carboxylic acid groups (broad SMARTS) is 1. The average molecular weight is 572 g/mol. The van der Waals surface area contributed by atoms with Crippen molar-refractivity contribution in [3.63, 3.8) is 0 Å². The summed E-state index contributed by atoms with van der Waals surface area (Å²) in [6.07, 6.45) is -3.85. The van der Waals surface area contributed by atoms with E-state index in [1.807, 2.05) is 6.07 Å². The van der Waals surface area contributed by atoms with Gasteiger partial charge in [0.25, 0.3) is 0 Å². The molecule has 188 valence electrons. The molecule has 1 aromatic carbocycles. The lowest BCUT2D eigenvalue weighted by atomic mass is 9.89. The number of hydrogen-bond donors (Lipinski definition) is 5. The van der Waals surface area contributed by atoms with Crippen molar-refractivity contribution < 1.29 is 34.8 Å². The molecule has 5 N–H and O–H groups in total. The third kappa shape index (κ3) is 5.29. The van der Waals surface area contributed by atoms with E-state index in [0.717, 1.165) is 6.08 Å². The molecule has 1 aliphatic rings. The molecule has 2 heterocycles. The van der Waals surface area contributed by atoms with Gasteiger partial charge in [0.2, 0.25) is 11.7 Å². The maximum Gasteiger partial charge on any atom is 0.370 e. The number of halogens is 2. The van der Waals surface area contributed by atoms with Crippen LogP contribution in [0.4, 0.5) is 0 Å². The maximum atomic E-state index is 12.9. The monoisotopic (exact) mass is 570 g/mol. The Balaban J connectivity index is 2.26. The first-order chi connectivity index (χ1) is 16.3. The minimum atomic E-state index is -1.80. The van der Waals surface area contributed by atoms with Gasteiger partial charge in [-0.1, -0.05) is 32.4 Å². The number of nitrogens with zero attached hydrogens (tertiary/aromatic N) is 3. The van der Waals surface area contributed by atoms with Gasteiger partial charge in [0, 0.05) is 15.3 Å². The molecule has 0 unspecified atom stereocenters. The number of hydrogen-bond acceptors (Lipinski definition) is 8. The summed E-state index contributed by atoms with van der Waals surface area (Å²) < 4.78 is 7.20. The second kappa shape index (κ2) is 10.1. The Labute approximate surface area is 213 Å². The van der Waals surface area contributed by atoms with E-state index in [4.69, 9.17) is 16.3 Å². The molecule has 0 saturated carbocycles. The molecule has 0 spiro atoms. The van der Waals surface area contributed by atoms with Crippen molar-refractivity contribution in [2.75, 3.05) is 6.61 Å². The molecule has 35 heavy (non-hydrogen) atoms.